The summed E-state index contributed by atoms with van der Waals surface area (Å²) in [5.74, 6) is 0.713. The molecule has 0 aliphatic heterocycles. The summed E-state index contributed by atoms with van der Waals surface area (Å²) in [6.07, 6.45) is 1.38. The van der Waals surface area contributed by atoms with Gasteiger partial charge >= 0.3 is 0 Å². The Labute approximate surface area is 186 Å². The highest BCUT2D eigenvalue weighted by atomic mass is 79.9. The van der Waals surface area contributed by atoms with Crippen molar-refractivity contribution < 1.29 is 9.32 Å². The average molecular weight is 482 g/mol. The molecule has 0 spiro atoms. The lowest BCUT2D eigenvalue weighted by molar-refractivity contribution is -0.116. The largest absolute Gasteiger partial charge is 0.338 e. The number of fused-ring (bicyclic) bond motifs is 1. The number of carbonyl (C=O) groups is 1. The highest BCUT2D eigenvalue weighted by molar-refractivity contribution is 9.10. The number of nitrogens with one attached hydrogen (secondary N) is 1. The number of rotatable bonds is 4. The Hall–Kier alpha value is -3.33. The van der Waals surface area contributed by atoms with Crippen LogP contribution in [-0.4, -0.2) is 25.6 Å². The maximum atomic E-state index is 12.6. The number of anilines is 1. The molecule has 9 heteroatoms. The Morgan fingerprint density at radius 3 is 2.58 bits per heavy atom. The molecule has 0 aliphatic carbocycles. The van der Waals surface area contributed by atoms with E-state index in [1.54, 1.807) is 36.4 Å². The van der Waals surface area contributed by atoms with Gasteiger partial charge in [0.15, 0.2) is 0 Å². The number of aromatic nitrogens is 4. The average Bonchev–Trinajstić information content (AvgIpc) is 3.22. The van der Waals surface area contributed by atoms with Crippen molar-refractivity contribution in [1.29, 1.82) is 0 Å². The molecule has 158 valence electrons. The monoisotopic (exact) mass is 481 g/mol. The molecule has 4 rings (SSSR count). The normalized spacial score (nSPS) is 11.6. The molecule has 2 aromatic heterocycles. The van der Waals surface area contributed by atoms with Gasteiger partial charge in [-0.05, 0) is 42.5 Å². The van der Waals surface area contributed by atoms with Crippen LogP contribution >= 0.6 is 15.9 Å². The SMILES string of the molecule is CC(C)(C)c1nc(-c2ccc(NC(=O)Cn3cnc4ccc(Br)cc4c3=O)cc2)no1. The first-order chi connectivity index (χ1) is 14.7. The van der Waals surface area contributed by atoms with Gasteiger partial charge in [0.1, 0.15) is 6.54 Å². The molecule has 1 amide bonds. The number of benzene rings is 2. The summed E-state index contributed by atoms with van der Waals surface area (Å²) in [6, 6.07) is 12.4. The topological polar surface area (TPSA) is 103 Å². The summed E-state index contributed by atoms with van der Waals surface area (Å²) in [4.78, 5) is 33.8. The van der Waals surface area contributed by atoms with Crippen LogP contribution in [0.25, 0.3) is 22.3 Å². The summed E-state index contributed by atoms with van der Waals surface area (Å²) in [6.45, 7) is 5.85. The van der Waals surface area contributed by atoms with Crippen LogP contribution in [0.4, 0.5) is 5.69 Å². The number of carbonyl (C=O) groups excluding carboxylic acids is 1. The second kappa shape index (κ2) is 8.07. The highest BCUT2D eigenvalue weighted by Gasteiger charge is 2.22. The van der Waals surface area contributed by atoms with Crippen LogP contribution in [0.1, 0.15) is 26.7 Å². The Kier molecular flexibility index (Phi) is 5.45. The van der Waals surface area contributed by atoms with Crippen LogP contribution in [0.15, 0.2) is 62.6 Å². The first-order valence-corrected chi connectivity index (χ1v) is 10.4. The van der Waals surface area contributed by atoms with Crippen molar-refractivity contribution in [3.8, 4) is 11.4 Å². The second-order valence-corrected chi connectivity index (χ2v) is 9.05. The Morgan fingerprint density at radius 2 is 1.90 bits per heavy atom. The minimum absolute atomic E-state index is 0.143. The molecular formula is C22H20BrN5O3. The lowest BCUT2D eigenvalue weighted by Crippen LogP contribution is -2.27. The second-order valence-electron chi connectivity index (χ2n) is 8.14. The van der Waals surface area contributed by atoms with Gasteiger partial charge in [0.05, 0.1) is 17.2 Å². The quantitative estimate of drug-likeness (QED) is 0.469. The number of hydrogen-bond acceptors (Lipinski definition) is 6. The van der Waals surface area contributed by atoms with E-state index in [-0.39, 0.29) is 23.4 Å². The van der Waals surface area contributed by atoms with Gasteiger partial charge in [0.25, 0.3) is 5.56 Å². The molecule has 0 saturated heterocycles. The van der Waals surface area contributed by atoms with Gasteiger partial charge in [-0.3, -0.25) is 14.2 Å². The number of halogens is 1. The van der Waals surface area contributed by atoms with Crippen molar-refractivity contribution in [2.45, 2.75) is 32.7 Å². The Bertz CT molecular complexity index is 1320. The van der Waals surface area contributed by atoms with Crippen LogP contribution in [-0.2, 0) is 16.8 Å². The molecule has 0 fully saturated rings. The predicted octanol–water partition coefficient (Wildman–Crippen LogP) is 4.15. The van der Waals surface area contributed by atoms with Gasteiger partial charge < -0.3 is 9.84 Å². The van der Waals surface area contributed by atoms with Gasteiger partial charge in [-0.1, -0.05) is 41.9 Å². The molecule has 8 nitrogen and oxygen atoms in total. The summed E-state index contributed by atoms with van der Waals surface area (Å²) in [7, 11) is 0. The van der Waals surface area contributed by atoms with Crippen LogP contribution < -0.4 is 10.9 Å². The van der Waals surface area contributed by atoms with E-state index in [0.29, 0.717) is 28.3 Å². The van der Waals surface area contributed by atoms with Crippen molar-refractivity contribution in [1.82, 2.24) is 19.7 Å². The Balaban J connectivity index is 1.47. The van der Waals surface area contributed by atoms with E-state index >= 15 is 0 Å². The fourth-order valence-electron chi connectivity index (χ4n) is 2.95. The van der Waals surface area contributed by atoms with E-state index in [9.17, 15) is 9.59 Å². The number of amides is 1. The Morgan fingerprint density at radius 1 is 1.16 bits per heavy atom. The lowest BCUT2D eigenvalue weighted by Gasteiger charge is -2.10. The molecule has 0 aliphatic rings. The molecule has 31 heavy (non-hydrogen) atoms. The summed E-state index contributed by atoms with van der Waals surface area (Å²) >= 11 is 3.35. The van der Waals surface area contributed by atoms with Crippen LogP contribution in [0, 0.1) is 0 Å². The van der Waals surface area contributed by atoms with Gasteiger partial charge in [-0.25, -0.2) is 4.98 Å². The first kappa shape index (κ1) is 20.9. The molecular weight excluding hydrogens is 462 g/mol. The fraction of sp³-hybridized carbons (Fsp3) is 0.227. The van der Waals surface area contributed by atoms with Crippen LogP contribution in [0.5, 0.6) is 0 Å². The lowest BCUT2D eigenvalue weighted by atomic mass is 9.97. The third-order valence-electron chi connectivity index (χ3n) is 4.59. The highest BCUT2D eigenvalue weighted by Crippen LogP contribution is 2.24. The van der Waals surface area contributed by atoms with E-state index in [0.717, 1.165) is 10.0 Å². The van der Waals surface area contributed by atoms with E-state index in [1.807, 2.05) is 26.8 Å². The molecule has 0 saturated carbocycles. The van der Waals surface area contributed by atoms with Crippen molar-refractivity contribution in [3.63, 3.8) is 0 Å². The molecule has 0 bridgehead atoms. The molecule has 0 atom stereocenters. The zero-order valence-corrected chi connectivity index (χ0v) is 18.8. The van der Waals surface area contributed by atoms with Crippen LogP contribution in [0.3, 0.4) is 0 Å². The molecule has 2 heterocycles. The van der Waals surface area contributed by atoms with Gasteiger partial charge in [-0.2, -0.15) is 4.98 Å². The number of nitrogens with zero attached hydrogens (tertiary/aromatic N) is 4. The minimum Gasteiger partial charge on any atom is -0.338 e. The minimum atomic E-state index is -0.333. The predicted molar refractivity (Wildman–Crippen MR) is 121 cm³/mol. The molecule has 2 aromatic carbocycles. The summed E-state index contributed by atoms with van der Waals surface area (Å²) in [5.41, 5.74) is 1.45. The van der Waals surface area contributed by atoms with E-state index in [2.05, 4.69) is 36.4 Å². The maximum absolute atomic E-state index is 12.6. The van der Waals surface area contributed by atoms with Gasteiger partial charge in [-0.15, -0.1) is 0 Å². The smallest absolute Gasteiger partial charge is 0.261 e. The fourth-order valence-corrected chi connectivity index (χ4v) is 3.31. The van der Waals surface area contributed by atoms with E-state index < -0.39 is 0 Å². The van der Waals surface area contributed by atoms with Crippen molar-refractivity contribution in [2.24, 2.45) is 0 Å². The van der Waals surface area contributed by atoms with Crippen molar-refractivity contribution in [3.05, 3.63) is 69.5 Å². The van der Waals surface area contributed by atoms with Crippen molar-refractivity contribution >= 4 is 38.4 Å². The zero-order valence-electron chi connectivity index (χ0n) is 17.2. The molecule has 1 N–H and O–H groups in total. The number of hydrogen-bond donors (Lipinski definition) is 1. The van der Waals surface area contributed by atoms with Gasteiger partial charge in [0, 0.05) is 21.1 Å². The van der Waals surface area contributed by atoms with E-state index in [1.165, 1.54) is 10.9 Å². The van der Waals surface area contributed by atoms with Gasteiger partial charge in [0.2, 0.25) is 17.6 Å². The zero-order chi connectivity index (χ0) is 22.2. The standard InChI is InChI=1S/C22H20BrN5O3/c1-22(2,3)21-26-19(27-31-21)13-4-7-15(8-5-13)25-18(29)11-28-12-24-17-9-6-14(23)10-16(17)20(28)30/h4-10,12H,11H2,1-3H3,(H,25,29). The van der Waals surface area contributed by atoms with Crippen molar-refractivity contribution in [2.75, 3.05) is 5.32 Å². The molecule has 4 aromatic rings. The van der Waals surface area contributed by atoms with Crippen LogP contribution in [0.2, 0.25) is 0 Å². The molecule has 0 unspecified atom stereocenters. The summed E-state index contributed by atoms with van der Waals surface area (Å²) in [5, 5.41) is 7.25. The summed E-state index contributed by atoms with van der Waals surface area (Å²) < 4.78 is 7.38. The maximum Gasteiger partial charge on any atom is 0.261 e. The molecule has 0 radical (unpaired) electrons. The van der Waals surface area contributed by atoms with E-state index in [4.69, 9.17) is 4.52 Å². The first-order valence-electron chi connectivity index (χ1n) is 9.60. The third kappa shape index (κ3) is 4.56. The third-order valence-corrected chi connectivity index (χ3v) is 5.09.